The summed E-state index contributed by atoms with van der Waals surface area (Å²) in [5, 5.41) is 13.9. The summed E-state index contributed by atoms with van der Waals surface area (Å²) in [4.78, 5) is 12.2. The van der Waals surface area contributed by atoms with E-state index in [-0.39, 0.29) is 18.0 Å². The summed E-state index contributed by atoms with van der Waals surface area (Å²) < 4.78 is 22.3. The maximum Gasteiger partial charge on any atom is 0.315 e. The summed E-state index contributed by atoms with van der Waals surface area (Å²) in [7, 11) is 0.129. The molecule has 0 saturated carbocycles. The molecule has 0 unspecified atom stereocenters. The lowest BCUT2D eigenvalue weighted by Gasteiger charge is -2.19. The summed E-state index contributed by atoms with van der Waals surface area (Å²) in [6, 6.07) is 4.89. The molecular weight excluding hydrogens is 270 g/mol. The minimum atomic E-state index is -3.10. The van der Waals surface area contributed by atoms with Gasteiger partial charge in [0.15, 0.2) is 0 Å². The number of anilines is 2. The van der Waals surface area contributed by atoms with Crippen LogP contribution in [0.4, 0.5) is 17.1 Å². The van der Waals surface area contributed by atoms with Crippen LogP contribution in [-0.2, 0) is 9.84 Å². The average Bonchev–Trinajstić information content (AvgIpc) is 2.33. The van der Waals surface area contributed by atoms with Crippen molar-refractivity contribution in [3.63, 3.8) is 0 Å². The van der Waals surface area contributed by atoms with Crippen molar-refractivity contribution in [3.8, 4) is 0 Å². The van der Waals surface area contributed by atoms with Gasteiger partial charge in [0.2, 0.25) is 0 Å². The van der Waals surface area contributed by atoms with Crippen LogP contribution in [0.1, 0.15) is 0 Å². The van der Waals surface area contributed by atoms with E-state index in [9.17, 15) is 18.5 Å². The Bertz CT molecular complexity index is 571. The molecular formula is C11H17N3O4S. The smallest absolute Gasteiger partial charge is 0.315 e. The molecule has 1 N–H and O–H groups in total. The van der Waals surface area contributed by atoms with Crippen LogP contribution in [0.3, 0.4) is 0 Å². The van der Waals surface area contributed by atoms with Crippen molar-refractivity contribution in [1.82, 2.24) is 0 Å². The van der Waals surface area contributed by atoms with Crippen molar-refractivity contribution in [2.45, 2.75) is 0 Å². The van der Waals surface area contributed by atoms with Crippen LogP contribution in [0.2, 0.25) is 0 Å². The molecule has 0 aliphatic carbocycles. The van der Waals surface area contributed by atoms with Crippen molar-refractivity contribution in [3.05, 3.63) is 28.3 Å². The van der Waals surface area contributed by atoms with Crippen molar-refractivity contribution in [2.24, 2.45) is 0 Å². The minimum Gasteiger partial charge on any atom is -0.382 e. The van der Waals surface area contributed by atoms with Crippen LogP contribution in [0, 0.1) is 10.1 Å². The molecule has 1 aromatic rings. The predicted octanol–water partition coefficient (Wildman–Crippen LogP) is 1.12. The third-order valence-electron chi connectivity index (χ3n) is 2.68. The number of nitrogens with zero attached hydrogens (tertiary/aromatic N) is 2. The van der Waals surface area contributed by atoms with E-state index in [1.54, 1.807) is 37.2 Å². The van der Waals surface area contributed by atoms with Crippen LogP contribution >= 0.6 is 0 Å². The van der Waals surface area contributed by atoms with Crippen molar-refractivity contribution in [2.75, 3.05) is 42.9 Å². The zero-order chi connectivity index (χ0) is 14.6. The van der Waals surface area contributed by atoms with E-state index in [4.69, 9.17) is 0 Å². The molecule has 0 aliphatic rings. The first-order valence-corrected chi connectivity index (χ1v) is 7.66. The van der Waals surface area contributed by atoms with Gasteiger partial charge in [-0.2, -0.15) is 0 Å². The van der Waals surface area contributed by atoms with Gasteiger partial charge >= 0.3 is 5.69 Å². The molecule has 0 amide bonds. The van der Waals surface area contributed by atoms with E-state index in [0.717, 1.165) is 6.26 Å². The predicted molar refractivity (Wildman–Crippen MR) is 75.6 cm³/mol. The largest absolute Gasteiger partial charge is 0.382 e. The van der Waals surface area contributed by atoms with E-state index in [1.165, 1.54) is 0 Å². The third kappa shape index (κ3) is 4.09. The molecule has 106 valence electrons. The maximum atomic E-state index is 11.1. The number of rotatable bonds is 6. The van der Waals surface area contributed by atoms with Gasteiger partial charge in [0, 0.05) is 26.9 Å². The lowest BCUT2D eigenvalue weighted by Crippen LogP contribution is -2.25. The fraction of sp³-hybridized carbons (Fsp3) is 0.455. The molecule has 0 atom stereocenters. The second-order valence-electron chi connectivity index (χ2n) is 4.23. The molecule has 19 heavy (non-hydrogen) atoms. The van der Waals surface area contributed by atoms with Crippen molar-refractivity contribution in [1.29, 1.82) is 0 Å². The van der Waals surface area contributed by atoms with E-state index >= 15 is 0 Å². The third-order valence-corrected chi connectivity index (χ3v) is 3.60. The van der Waals surface area contributed by atoms with E-state index in [0.29, 0.717) is 11.4 Å². The quantitative estimate of drug-likeness (QED) is 0.622. The highest BCUT2D eigenvalue weighted by Crippen LogP contribution is 2.34. The van der Waals surface area contributed by atoms with Gasteiger partial charge in [-0.05, 0) is 12.1 Å². The number of hydrogen-bond donors (Lipinski definition) is 1. The first-order valence-electron chi connectivity index (χ1n) is 5.60. The van der Waals surface area contributed by atoms with Crippen LogP contribution in [0.25, 0.3) is 0 Å². The average molecular weight is 287 g/mol. The lowest BCUT2D eigenvalue weighted by molar-refractivity contribution is -0.383. The van der Waals surface area contributed by atoms with Gasteiger partial charge in [-0.3, -0.25) is 10.1 Å². The number of nitro benzene ring substituents is 1. The van der Waals surface area contributed by atoms with E-state index in [2.05, 4.69) is 5.32 Å². The number of sulfone groups is 1. The molecule has 0 heterocycles. The topological polar surface area (TPSA) is 92.6 Å². The first-order chi connectivity index (χ1) is 8.76. The van der Waals surface area contributed by atoms with Gasteiger partial charge in [0.05, 0.1) is 10.7 Å². The fourth-order valence-electron chi connectivity index (χ4n) is 1.66. The first kappa shape index (κ1) is 15.2. The second kappa shape index (κ2) is 5.87. The molecule has 0 fully saturated rings. The fourth-order valence-corrected chi connectivity index (χ4v) is 2.26. The molecule has 0 aromatic heterocycles. The Labute approximate surface area is 112 Å². The lowest BCUT2D eigenvalue weighted by atomic mass is 10.2. The minimum absolute atomic E-state index is 0.0512. The van der Waals surface area contributed by atoms with E-state index < -0.39 is 14.8 Å². The number of para-hydroxylation sites is 1. The summed E-state index contributed by atoms with van der Waals surface area (Å²) in [6.07, 6.45) is 1.14. The second-order valence-corrected chi connectivity index (χ2v) is 6.49. The Kier molecular flexibility index (Phi) is 4.71. The number of nitro groups is 1. The Morgan fingerprint density at radius 3 is 2.53 bits per heavy atom. The zero-order valence-electron chi connectivity index (χ0n) is 11.1. The monoisotopic (exact) mass is 287 g/mol. The maximum absolute atomic E-state index is 11.1. The standard InChI is InChI=1S/C11H17N3O4S/c1-12-9-5-4-6-10(11(9)14(15)16)13(2)7-8-19(3,17)18/h4-6,12H,7-8H2,1-3H3. The number of hydrogen-bond acceptors (Lipinski definition) is 6. The zero-order valence-corrected chi connectivity index (χ0v) is 11.9. The number of nitrogens with one attached hydrogen (secondary N) is 1. The summed E-state index contributed by atoms with van der Waals surface area (Å²) in [6.45, 7) is 0.201. The summed E-state index contributed by atoms with van der Waals surface area (Å²) >= 11 is 0. The van der Waals surface area contributed by atoms with E-state index in [1.807, 2.05) is 0 Å². The van der Waals surface area contributed by atoms with Crippen LogP contribution < -0.4 is 10.2 Å². The SMILES string of the molecule is CNc1cccc(N(C)CCS(C)(=O)=O)c1[N+](=O)[O-]. The molecule has 1 aromatic carbocycles. The van der Waals surface area contributed by atoms with Gasteiger partial charge in [-0.25, -0.2) is 8.42 Å². The molecule has 0 spiro atoms. The molecule has 0 bridgehead atoms. The Balaban J connectivity index is 3.09. The van der Waals surface area contributed by atoms with Crippen LogP contribution in [-0.4, -0.2) is 46.0 Å². The molecule has 0 saturated heterocycles. The van der Waals surface area contributed by atoms with Crippen LogP contribution in [0.15, 0.2) is 18.2 Å². The highest BCUT2D eigenvalue weighted by atomic mass is 32.2. The van der Waals surface area contributed by atoms with Gasteiger partial charge in [0.1, 0.15) is 21.2 Å². The van der Waals surface area contributed by atoms with Crippen LogP contribution in [0.5, 0.6) is 0 Å². The molecule has 0 aliphatic heterocycles. The normalized spacial score (nSPS) is 11.1. The molecule has 1 rings (SSSR count). The Morgan fingerprint density at radius 1 is 1.42 bits per heavy atom. The Morgan fingerprint density at radius 2 is 2.05 bits per heavy atom. The van der Waals surface area contributed by atoms with Crippen molar-refractivity contribution < 1.29 is 13.3 Å². The van der Waals surface area contributed by atoms with Crippen molar-refractivity contribution >= 4 is 26.9 Å². The molecule has 7 nitrogen and oxygen atoms in total. The summed E-state index contributed by atoms with van der Waals surface area (Å²) in [5.74, 6) is -0.0512. The number of benzene rings is 1. The van der Waals surface area contributed by atoms with Gasteiger partial charge in [-0.1, -0.05) is 6.07 Å². The van der Waals surface area contributed by atoms with Gasteiger partial charge in [-0.15, -0.1) is 0 Å². The molecule has 0 radical (unpaired) electrons. The Hall–Kier alpha value is -1.83. The summed E-state index contributed by atoms with van der Waals surface area (Å²) in [5.41, 5.74) is 0.732. The highest BCUT2D eigenvalue weighted by molar-refractivity contribution is 7.90. The van der Waals surface area contributed by atoms with Gasteiger partial charge in [0.25, 0.3) is 0 Å². The molecule has 8 heteroatoms. The van der Waals surface area contributed by atoms with Gasteiger partial charge < -0.3 is 10.2 Å². The highest BCUT2D eigenvalue weighted by Gasteiger charge is 2.21.